The van der Waals surface area contributed by atoms with Gasteiger partial charge in [-0.05, 0) is 18.4 Å². The molecule has 0 fully saturated rings. The molecule has 0 saturated heterocycles. The molecule has 22 heavy (non-hydrogen) atoms. The van der Waals surface area contributed by atoms with Crippen molar-refractivity contribution in [2.24, 2.45) is 0 Å². The van der Waals surface area contributed by atoms with E-state index in [4.69, 9.17) is 4.74 Å². The summed E-state index contributed by atoms with van der Waals surface area (Å²) in [7, 11) is -2.45. The first-order valence-electron chi connectivity index (χ1n) is 6.37. The van der Waals surface area contributed by atoms with Crippen molar-refractivity contribution in [2.75, 3.05) is 20.1 Å². The zero-order valence-electron chi connectivity index (χ0n) is 12.3. The molecule has 1 aromatic rings. The first-order chi connectivity index (χ1) is 10.3. The molecule has 1 heterocycles. The second kappa shape index (κ2) is 8.06. The lowest BCUT2D eigenvalue weighted by molar-refractivity contribution is -0.154. The van der Waals surface area contributed by atoms with Gasteiger partial charge in [0.1, 0.15) is 10.8 Å². The lowest BCUT2D eigenvalue weighted by Crippen LogP contribution is -2.39. The topological polar surface area (TPSA) is 92.8 Å². The molecule has 7 nitrogen and oxygen atoms in total. The highest BCUT2D eigenvalue weighted by atomic mass is 32.2. The molecule has 1 amide bonds. The van der Waals surface area contributed by atoms with Gasteiger partial charge in [0, 0.05) is 13.6 Å². The third-order valence-corrected chi connectivity index (χ3v) is 5.79. The van der Waals surface area contributed by atoms with Gasteiger partial charge in [0.25, 0.3) is 15.9 Å². The minimum absolute atomic E-state index is 0.138. The van der Waals surface area contributed by atoms with Crippen LogP contribution < -0.4 is 5.32 Å². The summed E-state index contributed by atoms with van der Waals surface area (Å²) in [6.07, 6.45) is 0.485. The zero-order chi connectivity index (χ0) is 16.8. The number of carbonyl (C=O) groups excluding carboxylic acids is 2. The van der Waals surface area contributed by atoms with E-state index in [1.165, 1.54) is 26.1 Å². The molecule has 1 N–H and O–H groups in total. The summed E-state index contributed by atoms with van der Waals surface area (Å²) in [5, 5.41) is 4.11. The molecule has 0 spiro atoms. The van der Waals surface area contributed by atoms with E-state index in [-0.39, 0.29) is 10.8 Å². The molecule has 0 aliphatic heterocycles. The summed E-state index contributed by atoms with van der Waals surface area (Å²) >= 11 is 1.06. The van der Waals surface area contributed by atoms with Crippen molar-refractivity contribution in [1.29, 1.82) is 0 Å². The van der Waals surface area contributed by atoms with Crippen LogP contribution in [0.15, 0.2) is 34.4 Å². The van der Waals surface area contributed by atoms with Crippen LogP contribution in [0.25, 0.3) is 0 Å². The van der Waals surface area contributed by atoms with Crippen LogP contribution >= 0.6 is 11.3 Å². The van der Waals surface area contributed by atoms with Gasteiger partial charge in [0.15, 0.2) is 6.10 Å². The molecule has 0 aromatic carbocycles. The number of nitrogens with zero attached hydrogens (tertiary/aromatic N) is 1. The van der Waals surface area contributed by atoms with Crippen molar-refractivity contribution in [1.82, 2.24) is 9.62 Å². The highest BCUT2D eigenvalue weighted by Crippen LogP contribution is 2.19. The maximum Gasteiger partial charge on any atom is 0.322 e. The van der Waals surface area contributed by atoms with Crippen molar-refractivity contribution in [3.63, 3.8) is 0 Å². The third kappa shape index (κ3) is 4.93. The number of hydrogen-bond acceptors (Lipinski definition) is 6. The van der Waals surface area contributed by atoms with E-state index in [9.17, 15) is 18.0 Å². The summed E-state index contributed by atoms with van der Waals surface area (Å²) in [5.74, 6) is -1.28. The molecule has 0 aliphatic carbocycles. The Kier molecular flexibility index (Phi) is 6.72. The molecule has 1 aromatic heterocycles. The van der Waals surface area contributed by atoms with Gasteiger partial charge in [-0.1, -0.05) is 12.1 Å². The first-order valence-corrected chi connectivity index (χ1v) is 8.69. The Bertz CT molecular complexity index is 625. The number of likely N-dealkylation sites (N-methyl/N-ethyl adjacent to an activating group) is 1. The van der Waals surface area contributed by atoms with Crippen LogP contribution in [0, 0.1) is 0 Å². The predicted molar refractivity (Wildman–Crippen MR) is 82.9 cm³/mol. The van der Waals surface area contributed by atoms with Gasteiger partial charge in [-0.15, -0.1) is 17.9 Å². The van der Waals surface area contributed by atoms with E-state index >= 15 is 0 Å². The first kappa shape index (κ1) is 18.3. The number of ether oxygens (including phenoxy) is 1. The molecule has 9 heteroatoms. The van der Waals surface area contributed by atoms with Crippen LogP contribution in [0.4, 0.5) is 0 Å². The van der Waals surface area contributed by atoms with Crippen molar-refractivity contribution in [3.05, 3.63) is 30.2 Å². The Labute approximate surface area is 133 Å². The van der Waals surface area contributed by atoms with Gasteiger partial charge in [0.2, 0.25) is 0 Å². The number of sulfonamides is 1. The molecule has 0 radical (unpaired) electrons. The summed E-state index contributed by atoms with van der Waals surface area (Å²) in [6, 6.07) is 3.06. The SMILES string of the molecule is C=CCNC(=O)[C@@H](C)OC(=O)CN(C)S(=O)(=O)c1cccs1. The Morgan fingerprint density at radius 3 is 2.77 bits per heavy atom. The Morgan fingerprint density at radius 1 is 1.55 bits per heavy atom. The Balaban J connectivity index is 2.58. The lowest BCUT2D eigenvalue weighted by atomic mass is 10.3. The minimum atomic E-state index is -3.72. The van der Waals surface area contributed by atoms with Crippen LogP contribution in [0.5, 0.6) is 0 Å². The van der Waals surface area contributed by atoms with Crippen molar-refractivity contribution in [2.45, 2.75) is 17.2 Å². The predicted octanol–water partition coefficient (Wildman–Crippen LogP) is 0.602. The van der Waals surface area contributed by atoms with Gasteiger partial charge < -0.3 is 10.1 Å². The van der Waals surface area contributed by atoms with Crippen LogP contribution in [-0.4, -0.2) is 50.8 Å². The van der Waals surface area contributed by atoms with E-state index in [0.29, 0.717) is 0 Å². The van der Waals surface area contributed by atoms with E-state index in [0.717, 1.165) is 15.6 Å². The van der Waals surface area contributed by atoms with E-state index in [2.05, 4.69) is 11.9 Å². The zero-order valence-corrected chi connectivity index (χ0v) is 13.9. The second-order valence-corrected chi connectivity index (χ2v) is 7.58. The average molecular weight is 346 g/mol. The smallest absolute Gasteiger partial charge is 0.322 e. The van der Waals surface area contributed by atoms with Crippen LogP contribution in [0.3, 0.4) is 0 Å². The lowest BCUT2D eigenvalue weighted by Gasteiger charge is -2.17. The quantitative estimate of drug-likeness (QED) is 0.550. The number of amides is 1. The average Bonchev–Trinajstić information content (AvgIpc) is 2.99. The highest BCUT2D eigenvalue weighted by molar-refractivity contribution is 7.91. The second-order valence-electron chi connectivity index (χ2n) is 4.36. The monoisotopic (exact) mass is 346 g/mol. The molecule has 1 atom stereocenters. The van der Waals surface area contributed by atoms with Gasteiger partial charge in [-0.2, -0.15) is 4.31 Å². The molecule has 0 bridgehead atoms. The van der Waals surface area contributed by atoms with Crippen molar-refractivity contribution in [3.8, 4) is 0 Å². The largest absolute Gasteiger partial charge is 0.452 e. The van der Waals surface area contributed by atoms with Gasteiger partial charge in [-0.3, -0.25) is 9.59 Å². The summed E-state index contributed by atoms with van der Waals surface area (Å²) in [4.78, 5) is 23.3. The fourth-order valence-corrected chi connectivity index (χ4v) is 3.75. The maximum absolute atomic E-state index is 12.1. The van der Waals surface area contributed by atoms with Crippen molar-refractivity contribution >= 4 is 33.2 Å². The number of thiophene rings is 1. The molecule has 0 unspecified atom stereocenters. The Hall–Kier alpha value is -1.71. The fourth-order valence-electron chi connectivity index (χ4n) is 1.44. The highest BCUT2D eigenvalue weighted by Gasteiger charge is 2.26. The molecular formula is C13H18N2O5S2. The van der Waals surface area contributed by atoms with Gasteiger partial charge in [-0.25, -0.2) is 8.42 Å². The van der Waals surface area contributed by atoms with Gasteiger partial charge in [0.05, 0.1) is 0 Å². The van der Waals surface area contributed by atoms with Crippen molar-refractivity contribution < 1.29 is 22.7 Å². The maximum atomic E-state index is 12.1. The molecule has 0 aliphatic rings. The number of carbonyl (C=O) groups is 2. The van der Waals surface area contributed by atoms with Crippen LogP contribution in [0.1, 0.15) is 6.92 Å². The normalized spacial score (nSPS) is 12.7. The molecule has 122 valence electrons. The number of nitrogens with one attached hydrogen (secondary N) is 1. The number of esters is 1. The minimum Gasteiger partial charge on any atom is -0.452 e. The van der Waals surface area contributed by atoms with E-state index < -0.39 is 34.5 Å². The van der Waals surface area contributed by atoms with E-state index in [1.807, 2.05) is 0 Å². The standard InChI is InChI=1S/C13H18N2O5S2/c1-4-7-14-13(17)10(2)20-11(16)9-15(3)22(18,19)12-6-5-8-21-12/h4-6,8,10H,1,7,9H2,2-3H3,(H,14,17)/t10-/m1/s1. The summed E-state index contributed by atoms with van der Waals surface area (Å²) in [6.45, 7) is 4.64. The molecule has 0 saturated carbocycles. The Morgan fingerprint density at radius 2 is 2.23 bits per heavy atom. The number of rotatable bonds is 8. The summed E-state index contributed by atoms with van der Waals surface area (Å²) < 4.78 is 30.2. The molecular weight excluding hydrogens is 328 g/mol. The van der Waals surface area contributed by atoms with Gasteiger partial charge >= 0.3 is 5.97 Å². The molecule has 1 rings (SSSR count). The van der Waals surface area contributed by atoms with Crippen LogP contribution in [-0.2, 0) is 24.3 Å². The fraction of sp³-hybridized carbons (Fsp3) is 0.385. The van der Waals surface area contributed by atoms with E-state index in [1.54, 1.807) is 11.4 Å². The summed E-state index contributed by atoms with van der Waals surface area (Å²) in [5.41, 5.74) is 0. The van der Waals surface area contributed by atoms with Crippen LogP contribution in [0.2, 0.25) is 0 Å². The number of hydrogen-bond donors (Lipinski definition) is 1. The third-order valence-electron chi connectivity index (χ3n) is 2.61.